The van der Waals surface area contributed by atoms with E-state index in [0.29, 0.717) is 0 Å². The molecule has 0 saturated heterocycles. The molecule has 52 heavy (non-hydrogen) atoms. The van der Waals surface area contributed by atoms with Gasteiger partial charge in [0.25, 0.3) is 0 Å². The highest BCUT2D eigenvalue weighted by atomic mass is 16.5. The van der Waals surface area contributed by atoms with Crippen molar-refractivity contribution < 1.29 is 4.74 Å². The van der Waals surface area contributed by atoms with E-state index in [9.17, 15) is 0 Å². The summed E-state index contributed by atoms with van der Waals surface area (Å²) in [6.45, 7) is 6.59. The molecular weight excluding hydrogens is 631 g/mol. The molecule has 0 atom stereocenters. The van der Waals surface area contributed by atoms with Crippen LogP contribution < -0.4 is 15.2 Å². The van der Waals surface area contributed by atoms with Gasteiger partial charge in [-0.25, -0.2) is 0 Å². The topological polar surface area (TPSA) is 22.1 Å². The Bertz CT molecular complexity index is 2780. The van der Waals surface area contributed by atoms with E-state index in [1.165, 1.54) is 0 Å². The fourth-order valence-electron chi connectivity index (χ4n) is 7.48. The molecule has 2 nitrogen and oxygen atoms in total. The van der Waals surface area contributed by atoms with Gasteiger partial charge in [0, 0.05) is 39.4 Å². The summed E-state index contributed by atoms with van der Waals surface area (Å²) in [4.78, 5) is 4.84. The molecule has 0 spiro atoms. The average Bonchev–Trinajstić information content (AvgIpc) is 3.35. The molecular formula is C50H35NO. The summed E-state index contributed by atoms with van der Waals surface area (Å²) in [6.07, 6.45) is 8.10. The third-order valence-electron chi connectivity index (χ3n) is 9.99. The fourth-order valence-corrected chi connectivity index (χ4v) is 7.48. The molecule has 0 saturated carbocycles. The van der Waals surface area contributed by atoms with Gasteiger partial charge in [-0.3, -0.25) is 4.98 Å². The monoisotopic (exact) mass is 665 g/mol. The summed E-state index contributed by atoms with van der Waals surface area (Å²) >= 11 is 0. The first-order valence-corrected chi connectivity index (χ1v) is 17.7. The van der Waals surface area contributed by atoms with Crippen molar-refractivity contribution >= 4 is 23.6 Å². The van der Waals surface area contributed by atoms with Crippen LogP contribution in [0, 0.1) is 0 Å². The zero-order valence-corrected chi connectivity index (χ0v) is 28.9. The van der Waals surface area contributed by atoms with Crippen molar-refractivity contribution in [3.63, 3.8) is 0 Å². The van der Waals surface area contributed by atoms with Crippen molar-refractivity contribution in [2.75, 3.05) is 0 Å². The summed E-state index contributed by atoms with van der Waals surface area (Å²) < 4.78 is 7.39. The van der Waals surface area contributed by atoms with Gasteiger partial charge in [0.1, 0.15) is 11.5 Å². The maximum absolute atomic E-state index is 7.39. The number of fused-ring (bicyclic) bond motifs is 6. The number of rotatable bonds is 5. The summed E-state index contributed by atoms with van der Waals surface area (Å²) in [7, 11) is 0. The second-order valence-corrected chi connectivity index (χ2v) is 13.1. The first-order chi connectivity index (χ1) is 25.7. The number of para-hydroxylation sites is 1. The molecule has 2 heterocycles. The van der Waals surface area contributed by atoms with Crippen LogP contribution in [0.4, 0.5) is 0 Å². The SMILES string of the molecule is C=c1c(-c2cc(-c3ccccc3)c3c(c2)-c2ccccc2-c2cc(-c4cccc5cccnc45)cc(-c4ccccc4)c2O3)ccc/c1=C/C=C\C. The molecule has 0 N–H and O–H groups in total. The maximum Gasteiger partial charge on any atom is 0.143 e. The predicted molar refractivity (Wildman–Crippen MR) is 218 cm³/mol. The first kappa shape index (κ1) is 31.2. The second kappa shape index (κ2) is 13.2. The van der Waals surface area contributed by atoms with Crippen LogP contribution in [0.2, 0.25) is 0 Å². The summed E-state index contributed by atoms with van der Waals surface area (Å²) in [5.41, 5.74) is 13.9. The standard InChI is InChI=1S/C50H35NO/c1-3-4-16-34-21-13-26-40(33(34)2)38-29-44(35-17-7-5-8-18-35)49-46(31-38)42-24-11-12-25-43(42)47-32-39(41-27-14-22-37-23-15-28-51-48(37)41)30-45(50(47)52-49)36-19-9-6-10-20-36/h3-32H,2H2,1H3/b4-3-,34-16-. The zero-order valence-electron chi connectivity index (χ0n) is 28.9. The Morgan fingerprint density at radius 1 is 0.481 bits per heavy atom. The lowest BCUT2D eigenvalue weighted by molar-refractivity contribution is 0.491. The predicted octanol–water partition coefficient (Wildman–Crippen LogP) is 12.1. The zero-order chi connectivity index (χ0) is 35.0. The van der Waals surface area contributed by atoms with E-state index in [1.807, 2.05) is 25.3 Å². The van der Waals surface area contributed by atoms with Crippen molar-refractivity contribution in [2.24, 2.45) is 0 Å². The normalized spacial score (nSPS) is 12.2. The van der Waals surface area contributed by atoms with Gasteiger partial charge >= 0.3 is 0 Å². The van der Waals surface area contributed by atoms with E-state index in [2.05, 4.69) is 170 Å². The molecule has 0 radical (unpaired) electrons. The third kappa shape index (κ3) is 5.42. The lowest BCUT2D eigenvalue weighted by Gasteiger charge is -2.20. The Hall–Kier alpha value is -6.77. The van der Waals surface area contributed by atoms with Crippen LogP contribution in [-0.4, -0.2) is 4.98 Å². The molecule has 0 bridgehead atoms. The molecule has 9 rings (SSSR count). The Morgan fingerprint density at radius 2 is 1.00 bits per heavy atom. The van der Waals surface area contributed by atoms with Crippen LogP contribution >= 0.6 is 0 Å². The van der Waals surface area contributed by atoms with Crippen LogP contribution in [0.15, 0.2) is 176 Å². The fraction of sp³-hybridized carbons (Fsp3) is 0.0200. The van der Waals surface area contributed by atoms with Gasteiger partial charge in [-0.2, -0.15) is 0 Å². The smallest absolute Gasteiger partial charge is 0.143 e. The highest BCUT2D eigenvalue weighted by Crippen LogP contribution is 2.55. The quantitative estimate of drug-likeness (QED) is 0.183. The van der Waals surface area contributed by atoms with Crippen molar-refractivity contribution in [2.45, 2.75) is 6.92 Å². The Kier molecular flexibility index (Phi) is 7.91. The van der Waals surface area contributed by atoms with Gasteiger partial charge in [-0.15, -0.1) is 0 Å². The van der Waals surface area contributed by atoms with E-state index >= 15 is 0 Å². The number of aromatic nitrogens is 1. The summed E-state index contributed by atoms with van der Waals surface area (Å²) in [6, 6.07) is 55.9. The molecule has 1 aromatic heterocycles. The number of hydrogen-bond acceptors (Lipinski definition) is 2. The van der Waals surface area contributed by atoms with Crippen molar-refractivity contribution in [1.29, 1.82) is 0 Å². The number of hydrogen-bond donors (Lipinski definition) is 0. The van der Waals surface area contributed by atoms with E-state index in [1.54, 1.807) is 0 Å². The van der Waals surface area contributed by atoms with E-state index in [-0.39, 0.29) is 0 Å². The molecule has 246 valence electrons. The van der Waals surface area contributed by atoms with Gasteiger partial charge in [-0.05, 0) is 86.6 Å². The highest BCUT2D eigenvalue weighted by Gasteiger charge is 2.28. The van der Waals surface area contributed by atoms with Crippen LogP contribution in [-0.2, 0) is 0 Å². The summed E-state index contributed by atoms with van der Waals surface area (Å²) in [5.74, 6) is 1.67. The number of benzene rings is 7. The molecule has 1 aliphatic rings. The van der Waals surface area contributed by atoms with Crippen LogP contribution in [0.5, 0.6) is 11.5 Å². The first-order valence-electron chi connectivity index (χ1n) is 17.7. The van der Waals surface area contributed by atoms with Gasteiger partial charge in [0.2, 0.25) is 0 Å². The Labute approximate surface area is 304 Å². The minimum absolute atomic E-state index is 0.833. The van der Waals surface area contributed by atoms with E-state index in [4.69, 9.17) is 9.72 Å². The third-order valence-corrected chi connectivity index (χ3v) is 9.99. The maximum atomic E-state index is 7.39. The lowest BCUT2D eigenvalue weighted by Crippen LogP contribution is -2.24. The molecule has 0 aliphatic carbocycles. The van der Waals surface area contributed by atoms with Crippen LogP contribution in [0.3, 0.4) is 0 Å². The molecule has 0 amide bonds. The van der Waals surface area contributed by atoms with Crippen LogP contribution in [0.25, 0.3) is 90.3 Å². The minimum atomic E-state index is 0.833. The number of nitrogens with zero attached hydrogens (tertiary/aromatic N) is 1. The van der Waals surface area contributed by atoms with Crippen molar-refractivity contribution in [3.05, 3.63) is 187 Å². The minimum Gasteiger partial charge on any atom is -0.455 e. The van der Waals surface area contributed by atoms with Gasteiger partial charge < -0.3 is 4.74 Å². The van der Waals surface area contributed by atoms with Gasteiger partial charge in [-0.1, -0.05) is 152 Å². The number of ether oxygens (including phenoxy) is 1. The molecule has 0 fully saturated rings. The molecule has 2 heteroatoms. The average molecular weight is 666 g/mol. The highest BCUT2D eigenvalue weighted by molar-refractivity contribution is 6.02. The van der Waals surface area contributed by atoms with E-state index in [0.717, 1.165) is 99.6 Å². The molecule has 8 aromatic rings. The molecule has 7 aromatic carbocycles. The Balaban J connectivity index is 1.37. The lowest BCUT2D eigenvalue weighted by atomic mass is 9.87. The van der Waals surface area contributed by atoms with Crippen molar-refractivity contribution in [3.8, 4) is 78.3 Å². The van der Waals surface area contributed by atoms with Gasteiger partial charge in [0.15, 0.2) is 0 Å². The van der Waals surface area contributed by atoms with E-state index < -0.39 is 0 Å². The Morgan fingerprint density at radius 3 is 1.63 bits per heavy atom. The number of allylic oxidation sites excluding steroid dienone is 2. The largest absolute Gasteiger partial charge is 0.455 e. The van der Waals surface area contributed by atoms with Crippen LogP contribution in [0.1, 0.15) is 6.92 Å². The molecule has 1 aliphatic heterocycles. The van der Waals surface area contributed by atoms with Gasteiger partial charge in [0.05, 0.1) is 5.52 Å². The second-order valence-electron chi connectivity index (χ2n) is 13.1. The number of pyridine rings is 1. The molecule has 0 unspecified atom stereocenters. The summed E-state index contributed by atoms with van der Waals surface area (Å²) in [5, 5.41) is 3.20. The van der Waals surface area contributed by atoms with Crippen molar-refractivity contribution in [1.82, 2.24) is 4.98 Å².